The lowest BCUT2D eigenvalue weighted by atomic mass is 9.88. The number of allylic oxidation sites excluding steroid dienone is 3. The first-order valence-corrected chi connectivity index (χ1v) is 6.03. The molecule has 0 aromatic heterocycles. The minimum Gasteiger partial charge on any atom is -0.465 e. The third kappa shape index (κ3) is 1.63. The largest absolute Gasteiger partial charge is 0.465 e. The number of fused-ring (bicyclic) bond motifs is 2. The first-order valence-electron chi connectivity index (χ1n) is 6.03. The third-order valence-corrected chi connectivity index (χ3v) is 3.58. The van der Waals surface area contributed by atoms with Crippen molar-refractivity contribution in [1.29, 1.82) is 0 Å². The third-order valence-electron chi connectivity index (χ3n) is 3.58. The van der Waals surface area contributed by atoms with Crippen LogP contribution in [-0.2, 0) is 4.74 Å². The first kappa shape index (κ1) is 11.6. The number of hydrazine groups is 1. The lowest BCUT2D eigenvalue weighted by molar-refractivity contribution is -0.0547. The van der Waals surface area contributed by atoms with Gasteiger partial charge in [0.15, 0.2) is 0 Å². The zero-order chi connectivity index (χ0) is 12.9. The van der Waals surface area contributed by atoms with Gasteiger partial charge >= 0.3 is 0 Å². The Morgan fingerprint density at radius 2 is 2.33 bits per heavy atom. The van der Waals surface area contributed by atoms with E-state index in [-0.39, 0.29) is 6.04 Å². The lowest BCUT2D eigenvalue weighted by Gasteiger charge is -2.44. The number of rotatable bonds is 0. The molecule has 3 aliphatic rings. The second kappa shape index (κ2) is 3.78. The predicted octanol–water partition coefficient (Wildman–Crippen LogP) is 0.840. The number of aliphatic hydroxyl groups excluding tert-OH is 1. The molecule has 0 radical (unpaired) electrons. The smallest absolute Gasteiger partial charge is 0.145 e. The zero-order valence-electron chi connectivity index (χ0n) is 10.5. The SMILES string of the molecule is CC1(C)N=C2CC3=CC=COC3=CC2N(N)C1O. The van der Waals surface area contributed by atoms with E-state index >= 15 is 0 Å². The van der Waals surface area contributed by atoms with Crippen LogP contribution in [0.25, 0.3) is 0 Å². The van der Waals surface area contributed by atoms with Crippen LogP contribution in [0.1, 0.15) is 20.3 Å². The van der Waals surface area contributed by atoms with Crippen molar-refractivity contribution in [2.75, 3.05) is 0 Å². The average molecular weight is 247 g/mol. The fraction of sp³-hybridized carbons (Fsp3) is 0.462. The van der Waals surface area contributed by atoms with Gasteiger partial charge < -0.3 is 9.84 Å². The lowest BCUT2D eigenvalue weighted by Crippen LogP contribution is -2.62. The van der Waals surface area contributed by atoms with Crippen LogP contribution < -0.4 is 5.84 Å². The van der Waals surface area contributed by atoms with Crippen molar-refractivity contribution in [1.82, 2.24) is 5.01 Å². The summed E-state index contributed by atoms with van der Waals surface area (Å²) in [7, 11) is 0. The molecule has 0 saturated carbocycles. The standard InChI is InChI=1S/C13H17N3O2/c1-13(2)12(17)16(14)10-7-11-8(4-3-5-18-11)6-9(10)15-13/h3-5,7,10,12,17H,6,14H2,1-2H3. The topological polar surface area (TPSA) is 71.1 Å². The molecule has 0 aromatic rings. The summed E-state index contributed by atoms with van der Waals surface area (Å²) in [6.45, 7) is 3.76. The van der Waals surface area contributed by atoms with Gasteiger partial charge in [-0.25, -0.2) is 5.01 Å². The number of nitrogens with zero attached hydrogens (tertiary/aromatic N) is 2. The maximum Gasteiger partial charge on any atom is 0.145 e. The van der Waals surface area contributed by atoms with Gasteiger partial charge in [0.1, 0.15) is 12.0 Å². The summed E-state index contributed by atoms with van der Waals surface area (Å²) in [5.74, 6) is 6.80. The quantitative estimate of drug-likeness (QED) is 0.622. The maximum atomic E-state index is 10.1. The molecule has 0 amide bonds. The van der Waals surface area contributed by atoms with Crippen LogP contribution in [0.2, 0.25) is 0 Å². The summed E-state index contributed by atoms with van der Waals surface area (Å²) in [6.07, 6.45) is 7.36. The molecular formula is C13H17N3O2. The molecule has 2 unspecified atom stereocenters. The highest BCUT2D eigenvalue weighted by molar-refractivity contribution is 5.96. The van der Waals surface area contributed by atoms with Crippen molar-refractivity contribution in [3.63, 3.8) is 0 Å². The summed E-state index contributed by atoms with van der Waals surface area (Å²) in [4.78, 5) is 4.64. The molecule has 96 valence electrons. The van der Waals surface area contributed by atoms with Crippen molar-refractivity contribution in [3.8, 4) is 0 Å². The summed E-state index contributed by atoms with van der Waals surface area (Å²) >= 11 is 0. The minimum absolute atomic E-state index is 0.188. The van der Waals surface area contributed by atoms with E-state index in [2.05, 4.69) is 4.99 Å². The molecule has 5 nitrogen and oxygen atoms in total. The highest BCUT2D eigenvalue weighted by atomic mass is 16.5. The molecule has 5 heteroatoms. The van der Waals surface area contributed by atoms with E-state index in [1.54, 1.807) is 6.26 Å². The summed E-state index contributed by atoms with van der Waals surface area (Å²) in [6, 6.07) is -0.188. The molecular weight excluding hydrogens is 230 g/mol. The van der Waals surface area contributed by atoms with Gasteiger partial charge in [-0.3, -0.25) is 10.8 Å². The second-order valence-corrected chi connectivity index (χ2v) is 5.37. The van der Waals surface area contributed by atoms with Crippen molar-refractivity contribution >= 4 is 5.71 Å². The van der Waals surface area contributed by atoms with Gasteiger partial charge in [0, 0.05) is 17.7 Å². The highest BCUT2D eigenvalue weighted by Gasteiger charge is 2.43. The summed E-state index contributed by atoms with van der Waals surface area (Å²) in [5, 5.41) is 11.6. The van der Waals surface area contributed by atoms with Crippen LogP contribution in [0.4, 0.5) is 0 Å². The van der Waals surface area contributed by atoms with Crippen molar-refractivity contribution in [3.05, 3.63) is 35.8 Å². The zero-order valence-corrected chi connectivity index (χ0v) is 10.5. The molecule has 2 aliphatic heterocycles. The van der Waals surface area contributed by atoms with Gasteiger partial charge in [-0.2, -0.15) is 0 Å². The van der Waals surface area contributed by atoms with Crippen LogP contribution in [0, 0.1) is 0 Å². The maximum absolute atomic E-state index is 10.1. The molecule has 3 N–H and O–H groups in total. The van der Waals surface area contributed by atoms with E-state index < -0.39 is 11.8 Å². The Labute approximate surface area is 106 Å². The Morgan fingerprint density at radius 1 is 1.56 bits per heavy atom. The van der Waals surface area contributed by atoms with E-state index in [4.69, 9.17) is 10.6 Å². The van der Waals surface area contributed by atoms with E-state index in [0.29, 0.717) is 6.42 Å². The molecule has 2 atom stereocenters. The molecule has 3 rings (SSSR count). The van der Waals surface area contributed by atoms with Gasteiger partial charge in [-0.1, -0.05) is 6.08 Å². The van der Waals surface area contributed by atoms with E-state index in [1.807, 2.05) is 32.1 Å². The Balaban J connectivity index is 2.05. The summed E-state index contributed by atoms with van der Waals surface area (Å²) < 4.78 is 5.46. The van der Waals surface area contributed by atoms with Crippen molar-refractivity contribution in [2.24, 2.45) is 10.8 Å². The Kier molecular flexibility index (Phi) is 2.45. The van der Waals surface area contributed by atoms with Crippen LogP contribution in [0.15, 0.2) is 40.8 Å². The molecule has 18 heavy (non-hydrogen) atoms. The van der Waals surface area contributed by atoms with E-state index in [9.17, 15) is 5.11 Å². The number of ether oxygens (including phenoxy) is 1. The van der Waals surface area contributed by atoms with E-state index in [0.717, 1.165) is 17.0 Å². The van der Waals surface area contributed by atoms with Gasteiger partial charge in [-0.15, -0.1) is 0 Å². The van der Waals surface area contributed by atoms with Crippen LogP contribution in [-0.4, -0.2) is 33.6 Å². The molecule has 0 fully saturated rings. The van der Waals surface area contributed by atoms with Gasteiger partial charge in [0.2, 0.25) is 0 Å². The minimum atomic E-state index is -0.798. The number of aliphatic imine (C=N–C) groups is 1. The fourth-order valence-corrected chi connectivity index (χ4v) is 2.57. The molecule has 0 aromatic carbocycles. The predicted molar refractivity (Wildman–Crippen MR) is 68.3 cm³/mol. The molecule has 0 bridgehead atoms. The Morgan fingerprint density at radius 3 is 3.11 bits per heavy atom. The number of hydrogen-bond donors (Lipinski definition) is 2. The molecule has 0 saturated heterocycles. The molecule has 0 spiro atoms. The number of nitrogens with two attached hydrogens (primary N) is 1. The second-order valence-electron chi connectivity index (χ2n) is 5.37. The van der Waals surface area contributed by atoms with Crippen molar-refractivity contribution in [2.45, 2.75) is 38.1 Å². The van der Waals surface area contributed by atoms with E-state index in [1.165, 1.54) is 5.01 Å². The Hall–Kier alpha value is -1.43. The van der Waals surface area contributed by atoms with Gasteiger partial charge in [0.05, 0.1) is 17.8 Å². The van der Waals surface area contributed by atoms with Crippen LogP contribution in [0.3, 0.4) is 0 Å². The monoisotopic (exact) mass is 247 g/mol. The van der Waals surface area contributed by atoms with Crippen molar-refractivity contribution < 1.29 is 9.84 Å². The summed E-state index contributed by atoms with van der Waals surface area (Å²) in [5.41, 5.74) is 1.49. The molecule has 1 aliphatic carbocycles. The number of hydrogen-bond acceptors (Lipinski definition) is 5. The number of aliphatic hydroxyl groups is 1. The van der Waals surface area contributed by atoms with Crippen LogP contribution >= 0.6 is 0 Å². The van der Waals surface area contributed by atoms with Crippen LogP contribution in [0.5, 0.6) is 0 Å². The van der Waals surface area contributed by atoms with Gasteiger partial charge in [0.25, 0.3) is 0 Å². The normalized spacial score (nSPS) is 33.7. The average Bonchev–Trinajstić information content (AvgIpc) is 2.34. The Bertz CT molecular complexity index is 502. The molecule has 2 heterocycles. The fourth-order valence-electron chi connectivity index (χ4n) is 2.57. The highest BCUT2D eigenvalue weighted by Crippen LogP contribution is 2.34. The van der Waals surface area contributed by atoms with Gasteiger partial charge in [-0.05, 0) is 26.0 Å². The first-order chi connectivity index (χ1) is 8.49.